The van der Waals surface area contributed by atoms with E-state index in [0.717, 1.165) is 39.4 Å². The number of ether oxygens (including phenoxy) is 2. The number of morpholine rings is 1. The van der Waals surface area contributed by atoms with Crippen molar-refractivity contribution in [2.75, 3.05) is 31.5 Å². The highest BCUT2D eigenvalue weighted by molar-refractivity contribution is 5.49. The van der Waals surface area contributed by atoms with E-state index in [1.54, 1.807) is 0 Å². The average molecular weight is 276 g/mol. The van der Waals surface area contributed by atoms with Crippen LogP contribution in [0.4, 0.5) is 5.69 Å². The zero-order valence-corrected chi connectivity index (χ0v) is 12.4. The molecule has 110 valence electrons. The molecule has 2 aliphatic heterocycles. The normalized spacial score (nSPS) is 26.5. The van der Waals surface area contributed by atoms with Gasteiger partial charge >= 0.3 is 0 Å². The molecule has 1 fully saturated rings. The summed E-state index contributed by atoms with van der Waals surface area (Å²) in [4.78, 5) is 2.47. The minimum atomic E-state index is 0.343. The van der Waals surface area contributed by atoms with E-state index in [1.165, 1.54) is 16.8 Å². The van der Waals surface area contributed by atoms with E-state index in [-0.39, 0.29) is 0 Å². The van der Waals surface area contributed by atoms with Crippen LogP contribution in [0.1, 0.15) is 25.0 Å². The fourth-order valence-corrected chi connectivity index (χ4v) is 3.11. The van der Waals surface area contributed by atoms with E-state index >= 15 is 0 Å². The lowest BCUT2D eigenvalue weighted by Crippen LogP contribution is -2.46. The van der Waals surface area contributed by atoms with E-state index in [1.807, 2.05) is 0 Å². The second-order valence-electron chi connectivity index (χ2n) is 5.92. The number of hydrogen-bond acceptors (Lipinski definition) is 4. The van der Waals surface area contributed by atoms with Crippen LogP contribution in [-0.4, -0.2) is 43.3 Å². The smallest absolute Gasteiger partial charge is 0.0725 e. The molecule has 0 unspecified atom stereocenters. The van der Waals surface area contributed by atoms with Crippen LogP contribution in [0.3, 0.4) is 0 Å². The van der Waals surface area contributed by atoms with Gasteiger partial charge in [0.05, 0.1) is 25.4 Å². The molecule has 0 aliphatic carbocycles. The summed E-state index contributed by atoms with van der Waals surface area (Å²) < 4.78 is 11.2. The maximum Gasteiger partial charge on any atom is 0.0725 e. The van der Waals surface area contributed by atoms with Gasteiger partial charge in [-0.3, -0.25) is 4.90 Å². The van der Waals surface area contributed by atoms with Gasteiger partial charge in [0.2, 0.25) is 0 Å². The molecule has 0 bridgehead atoms. The first-order valence-corrected chi connectivity index (χ1v) is 7.52. The molecule has 0 spiro atoms. The molecule has 0 saturated carbocycles. The average Bonchev–Trinajstić information content (AvgIpc) is 2.85. The number of nitrogens with zero attached hydrogens (tertiary/aromatic N) is 1. The van der Waals surface area contributed by atoms with Gasteiger partial charge in [0.25, 0.3) is 0 Å². The molecule has 0 radical (unpaired) electrons. The van der Waals surface area contributed by atoms with Crippen LogP contribution >= 0.6 is 0 Å². The maximum absolute atomic E-state index is 5.76. The molecule has 1 aromatic rings. The van der Waals surface area contributed by atoms with Gasteiger partial charge in [0, 0.05) is 31.9 Å². The summed E-state index contributed by atoms with van der Waals surface area (Å²) in [5, 5.41) is 3.51. The minimum Gasteiger partial charge on any atom is -0.384 e. The van der Waals surface area contributed by atoms with Crippen molar-refractivity contribution < 1.29 is 9.47 Å². The number of fused-ring (bicyclic) bond motifs is 1. The Bertz CT molecular complexity index is 454. The third-order valence-electron chi connectivity index (χ3n) is 3.97. The molecular formula is C16H24N2O2. The largest absolute Gasteiger partial charge is 0.384 e. The zero-order chi connectivity index (χ0) is 13.9. The van der Waals surface area contributed by atoms with Crippen LogP contribution in [0.25, 0.3) is 0 Å². The summed E-state index contributed by atoms with van der Waals surface area (Å²) in [5.41, 5.74) is 3.85. The van der Waals surface area contributed by atoms with Crippen LogP contribution in [0.15, 0.2) is 18.2 Å². The van der Waals surface area contributed by atoms with Crippen molar-refractivity contribution in [3.05, 3.63) is 29.3 Å². The van der Waals surface area contributed by atoms with Crippen LogP contribution in [-0.2, 0) is 22.7 Å². The lowest BCUT2D eigenvalue weighted by molar-refractivity contribution is -0.0667. The molecule has 4 heteroatoms. The summed E-state index contributed by atoms with van der Waals surface area (Å²) in [6, 6.07) is 6.54. The van der Waals surface area contributed by atoms with Gasteiger partial charge in [-0.1, -0.05) is 6.07 Å². The highest BCUT2D eigenvalue weighted by atomic mass is 16.5. The van der Waals surface area contributed by atoms with Crippen LogP contribution in [0.2, 0.25) is 0 Å². The summed E-state index contributed by atoms with van der Waals surface area (Å²) in [6.45, 7) is 9.91. The number of hydrogen-bond donors (Lipinski definition) is 1. The molecule has 2 aliphatic rings. The Labute approximate surface area is 121 Å². The number of anilines is 1. The standard InChI is InChI=1S/C16H24N2O2/c1-12-8-18(9-13(2)20-12)6-5-17-16-4-3-14-10-19-11-15(14)7-16/h3-4,7,12-13,17H,5-6,8-11H2,1-2H3/t12-,13+. The summed E-state index contributed by atoms with van der Waals surface area (Å²) in [7, 11) is 0. The Hall–Kier alpha value is -1.10. The van der Waals surface area contributed by atoms with Crippen LogP contribution in [0, 0.1) is 0 Å². The van der Waals surface area contributed by atoms with Crippen LogP contribution < -0.4 is 5.32 Å². The number of benzene rings is 1. The quantitative estimate of drug-likeness (QED) is 0.914. The summed E-state index contributed by atoms with van der Waals surface area (Å²) in [5.74, 6) is 0. The predicted molar refractivity (Wildman–Crippen MR) is 79.9 cm³/mol. The molecule has 3 rings (SSSR count). The van der Waals surface area contributed by atoms with Gasteiger partial charge in [0.15, 0.2) is 0 Å². The molecule has 4 nitrogen and oxygen atoms in total. The topological polar surface area (TPSA) is 33.7 Å². The Kier molecular flexibility index (Phi) is 4.24. The molecule has 2 atom stereocenters. The molecule has 0 amide bonds. The Morgan fingerprint density at radius 3 is 2.70 bits per heavy atom. The lowest BCUT2D eigenvalue weighted by Gasteiger charge is -2.35. The van der Waals surface area contributed by atoms with Crippen molar-refractivity contribution in [3.63, 3.8) is 0 Å². The summed E-state index contributed by atoms with van der Waals surface area (Å²) in [6.07, 6.45) is 0.687. The molecular weight excluding hydrogens is 252 g/mol. The van der Waals surface area contributed by atoms with Gasteiger partial charge in [-0.15, -0.1) is 0 Å². The van der Waals surface area contributed by atoms with Gasteiger partial charge in [-0.05, 0) is 37.1 Å². The van der Waals surface area contributed by atoms with E-state index in [0.29, 0.717) is 12.2 Å². The highest BCUT2D eigenvalue weighted by Crippen LogP contribution is 2.23. The Morgan fingerprint density at radius 2 is 1.90 bits per heavy atom. The first-order valence-electron chi connectivity index (χ1n) is 7.52. The molecule has 1 saturated heterocycles. The van der Waals surface area contributed by atoms with Gasteiger partial charge in [-0.25, -0.2) is 0 Å². The molecule has 2 heterocycles. The highest BCUT2D eigenvalue weighted by Gasteiger charge is 2.21. The Morgan fingerprint density at radius 1 is 1.15 bits per heavy atom. The molecule has 0 aromatic heterocycles. The molecule has 20 heavy (non-hydrogen) atoms. The second kappa shape index (κ2) is 6.12. The van der Waals surface area contributed by atoms with Crippen molar-refractivity contribution in [2.24, 2.45) is 0 Å². The van der Waals surface area contributed by atoms with Gasteiger partial charge in [-0.2, -0.15) is 0 Å². The fourth-order valence-electron chi connectivity index (χ4n) is 3.11. The molecule has 1 N–H and O–H groups in total. The summed E-state index contributed by atoms with van der Waals surface area (Å²) >= 11 is 0. The van der Waals surface area contributed by atoms with Crippen molar-refractivity contribution in [1.82, 2.24) is 4.90 Å². The minimum absolute atomic E-state index is 0.343. The van der Waals surface area contributed by atoms with E-state index in [4.69, 9.17) is 9.47 Å². The SMILES string of the molecule is C[C@@H]1CN(CCNc2ccc3c(c2)COC3)C[C@H](C)O1. The monoisotopic (exact) mass is 276 g/mol. The third-order valence-corrected chi connectivity index (χ3v) is 3.97. The van der Waals surface area contributed by atoms with E-state index < -0.39 is 0 Å². The van der Waals surface area contributed by atoms with Gasteiger partial charge in [0.1, 0.15) is 0 Å². The zero-order valence-electron chi connectivity index (χ0n) is 12.4. The van der Waals surface area contributed by atoms with E-state index in [2.05, 4.69) is 42.3 Å². The van der Waals surface area contributed by atoms with E-state index in [9.17, 15) is 0 Å². The number of nitrogens with one attached hydrogen (secondary N) is 1. The van der Waals surface area contributed by atoms with Crippen molar-refractivity contribution in [3.8, 4) is 0 Å². The first-order chi connectivity index (χ1) is 9.70. The first kappa shape index (κ1) is 13.9. The van der Waals surface area contributed by atoms with Crippen LogP contribution in [0.5, 0.6) is 0 Å². The molecule has 1 aromatic carbocycles. The second-order valence-corrected chi connectivity index (χ2v) is 5.92. The van der Waals surface area contributed by atoms with Crippen molar-refractivity contribution in [1.29, 1.82) is 0 Å². The van der Waals surface area contributed by atoms with Gasteiger partial charge < -0.3 is 14.8 Å². The maximum atomic E-state index is 5.76. The Balaban J connectivity index is 1.48. The third kappa shape index (κ3) is 3.32. The number of rotatable bonds is 4. The lowest BCUT2D eigenvalue weighted by atomic mass is 10.1. The van der Waals surface area contributed by atoms with Crippen molar-refractivity contribution in [2.45, 2.75) is 39.3 Å². The predicted octanol–water partition coefficient (Wildman–Crippen LogP) is 2.24. The fraction of sp³-hybridized carbons (Fsp3) is 0.625. The van der Waals surface area contributed by atoms with Crippen molar-refractivity contribution >= 4 is 5.69 Å².